The van der Waals surface area contributed by atoms with Gasteiger partial charge in [0.15, 0.2) is 10.6 Å². The van der Waals surface area contributed by atoms with Gasteiger partial charge in [-0.05, 0) is 56.4 Å². The van der Waals surface area contributed by atoms with Gasteiger partial charge in [0.05, 0.1) is 0 Å². The molecule has 0 unspecified atom stereocenters. The van der Waals surface area contributed by atoms with Crippen LogP contribution in [-0.2, 0) is 17.9 Å². The normalized spacial score (nSPS) is 11.3. The lowest BCUT2D eigenvalue weighted by molar-refractivity contribution is -0.116. The highest BCUT2D eigenvalue weighted by Gasteiger charge is 2.13. The minimum absolute atomic E-state index is 0.0631. The summed E-state index contributed by atoms with van der Waals surface area (Å²) in [5, 5.41) is 12.6. The number of rotatable bonds is 6. The van der Waals surface area contributed by atoms with Crippen molar-refractivity contribution in [3.63, 3.8) is 0 Å². The molecule has 0 radical (unpaired) electrons. The van der Waals surface area contributed by atoms with E-state index in [1.165, 1.54) is 16.4 Å². The van der Waals surface area contributed by atoms with E-state index in [1.54, 1.807) is 0 Å². The maximum absolute atomic E-state index is 12.8. The van der Waals surface area contributed by atoms with Gasteiger partial charge in [-0.1, -0.05) is 42.0 Å². The summed E-state index contributed by atoms with van der Waals surface area (Å²) in [4.78, 5) is 12.8. The number of carbonyl (C=O) groups excluding carboxylic acids is 1. The van der Waals surface area contributed by atoms with Crippen LogP contribution in [0.15, 0.2) is 66.7 Å². The zero-order valence-electron chi connectivity index (χ0n) is 18.6. The monoisotopic (exact) mass is 455 g/mol. The molecule has 0 aliphatic rings. The van der Waals surface area contributed by atoms with Gasteiger partial charge in [-0.3, -0.25) is 14.5 Å². The van der Waals surface area contributed by atoms with Crippen molar-refractivity contribution in [3.8, 4) is 11.4 Å². The van der Waals surface area contributed by atoms with Crippen molar-refractivity contribution in [2.75, 3.05) is 5.32 Å². The number of hydrogen-bond donors (Lipinski definition) is 2. The van der Waals surface area contributed by atoms with E-state index < -0.39 is 0 Å². The van der Waals surface area contributed by atoms with Gasteiger partial charge in [0.2, 0.25) is 5.91 Å². The lowest BCUT2D eigenvalue weighted by Crippen LogP contribution is -2.15. The third kappa shape index (κ3) is 3.96. The molecule has 2 N–H and O–H groups in total. The highest BCUT2D eigenvalue weighted by Crippen LogP contribution is 2.31. The Morgan fingerprint density at radius 2 is 1.82 bits per heavy atom. The molecular weight excluding hydrogens is 430 g/mol. The van der Waals surface area contributed by atoms with Crippen LogP contribution in [-0.4, -0.2) is 25.2 Å². The van der Waals surface area contributed by atoms with Gasteiger partial charge in [-0.2, -0.15) is 5.10 Å². The number of H-pyrrole nitrogens is 1. The molecule has 6 nitrogen and oxygen atoms in total. The molecule has 166 valence electrons. The Morgan fingerprint density at radius 3 is 2.64 bits per heavy atom. The molecule has 5 rings (SSSR count). The number of amides is 1. The molecule has 0 saturated carbocycles. The van der Waals surface area contributed by atoms with Crippen LogP contribution in [0.1, 0.15) is 18.9 Å². The van der Waals surface area contributed by atoms with E-state index in [1.807, 2.05) is 41.8 Å². The van der Waals surface area contributed by atoms with Crippen LogP contribution in [0.5, 0.6) is 0 Å². The van der Waals surface area contributed by atoms with Crippen LogP contribution in [0.25, 0.3) is 33.2 Å². The van der Waals surface area contributed by atoms with E-state index in [9.17, 15) is 4.79 Å². The summed E-state index contributed by atoms with van der Waals surface area (Å²) < 4.78 is 4.68. The number of nitrogens with zero attached hydrogens (tertiary/aromatic N) is 3. The standard InChI is InChI=1S/C26H25N5OS/c1-3-30-22-10-5-4-9-20(22)21-16-19(11-12-23(21)30)27-24(32)13-14-31-25(28-29-26(31)33)18-8-6-7-17(2)15-18/h4-12,15-16H,3,13-14H2,1-2H3,(H,27,32)(H,29,33). The fourth-order valence-corrected chi connectivity index (χ4v) is 4.66. The number of aromatic amines is 1. The minimum atomic E-state index is -0.0631. The lowest BCUT2D eigenvalue weighted by atomic mass is 10.1. The summed E-state index contributed by atoms with van der Waals surface area (Å²) in [5.41, 5.74) is 5.29. The van der Waals surface area contributed by atoms with Crippen molar-refractivity contribution in [1.82, 2.24) is 19.3 Å². The first kappa shape index (κ1) is 21.2. The second-order valence-corrected chi connectivity index (χ2v) is 8.55. The summed E-state index contributed by atoms with van der Waals surface area (Å²) in [6.07, 6.45) is 0.293. The molecule has 0 saturated heterocycles. The molecule has 0 atom stereocenters. The highest BCUT2D eigenvalue weighted by molar-refractivity contribution is 7.71. The molecule has 2 heterocycles. The molecule has 0 bridgehead atoms. The van der Waals surface area contributed by atoms with Gasteiger partial charge >= 0.3 is 0 Å². The predicted molar refractivity (Wildman–Crippen MR) is 136 cm³/mol. The van der Waals surface area contributed by atoms with Gasteiger partial charge in [0.1, 0.15) is 0 Å². The summed E-state index contributed by atoms with van der Waals surface area (Å²) in [6.45, 7) is 5.52. The van der Waals surface area contributed by atoms with Crippen molar-refractivity contribution in [1.29, 1.82) is 0 Å². The van der Waals surface area contributed by atoms with Crippen LogP contribution in [0.2, 0.25) is 0 Å². The zero-order chi connectivity index (χ0) is 22.9. The lowest BCUT2D eigenvalue weighted by Gasteiger charge is -2.09. The summed E-state index contributed by atoms with van der Waals surface area (Å²) >= 11 is 5.41. The van der Waals surface area contributed by atoms with E-state index in [0.717, 1.165) is 34.6 Å². The highest BCUT2D eigenvalue weighted by atomic mass is 32.1. The number of fused-ring (bicyclic) bond motifs is 3. The van der Waals surface area contributed by atoms with Crippen LogP contribution >= 0.6 is 12.2 Å². The second kappa shape index (κ2) is 8.67. The maximum atomic E-state index is 12.8. The number of carbonyl (C=O) groups is 1. The number of anilines is 1. The molecule has 1 amide bonds. The summed E-state index contributed by atoms with van der Waals surface area (Å²) in [6, 6.07) is 22.6. The average molecular weight is 456 g/mol. The van der Waals surface area contributed by atoms with Gasteiger partial charge in [-0.15, -0.1) is 0 Å². The first-order chi connectivity index (χ1) is 16.0. The fourth-order valence-electron chi connectivity index (χ4n) is 4.44. The van der Waals surface area contributed by atoms with Crippen LogP contribution < -0.4 is 5.32 Å². The number of aromatic nitrogens is 4. The van der Waals surface area contributed by atoms with Gasteiger partial charge < -0.3 is 9.88 Å². The number of aryl methyl sites for hydroxylation is 2. The largest absolute Gasteiger partial charge is 0.341 e. The van der Waals surface area contributed by atoms with Crippen LogP contribution in [0, 0.1) is 11.7 Å². The van der Waals surface area contributed by atoms with E-state index >= 15 is 0 Å². The first-order valence-electron chi connectivity index (χ1n) is 11.1. The van der Waals surface area contributed by atoms with E-state index in [-0.39, 0.29) is 5.91 Å². The molecule has 3 aromatic carbocycles. The summed E-state index contributed by atoms with van der Waals surface area (Å²) in [7, 11) is 0. The van der Waals surface area contributed by atoms with E-state index in [0.29, 0.717) is 17.7 Å². The minimum Gasteiger partial charge on any atom is -0.341 e. The number of hydrogen-bond acceptors (Lipinski definition) is 3. The zero-order valence-corrected chi connectivity index (χ0v) is 19.4. The van der Waals surface area contributed by atoms with Gasteiger partial charge in [0.25, 0.3) is 0 Å². The first-order valence-corrected chi connectivity index (χ1v) is 11.5. The fraction of sp³-hybridized carbons (Fsp3) is 0.192. The van der Waals surface area contributed by atoms with Crippen molar-refractivity contribution in [2.45, 2.75) is 33.4 Å². The van der Waals surface area contributed by atoms with Gasteiger partial charge in [-0.25, -0.2) is 0 Å². The molecular formula is C26H25N5OS. The number of nitrogens with one attached hydrogen (secondary N) is 2. The Labute approximate surface area is 196 Å². The Morgan fingerprint density at radius 1 is 1.00 bits per heavy atom. The molecule has 2 aromatic heterocycles. The topological polar surface area (TPSA) is 67.6 Å². The Hall–Kier alpha value is -3.71. The molecule has 7 heteroatoms. The molecule has 0 fully saturated rings. The Balaban J connectivity index is 1.36. The van der Waals surface area contributed by atoms with E-state index in [2.05, 4.69) is 63.4 Å². The molecule has 0 aliphatic heterocycles. The third-order valence-electron chi connectivity index (χ3n) is 5.97. The number of para-hydroxylation sites is 1. The predicted octanol–water partition coefficient (Wildman–Crippen LogP) is 6.07. The van der Waals surface area contributed by atoms with Gasteiger partial charge in [0, 0.05) is 52.6 Å². The average Bonchev–Trinajstić information content (AvgIpc) is 3.34. The molecule has 5 aromatic rings. The summed E-state index contributed by atoms with van der Waals surface area (Å²) in [5.74, 6) is 0.678. The van der Waals surface area contributed by atoms with Crippen molar-refractivity contribution >= 4 is 45.6 Å². The molecule has 0 aliphatic carbocycles. The quantitative estimate of drug-likeness (QED) is 0.305. The van der Waals surface area contributed by atoms with Crippen molar-refractivity contribution < 1.29 is 4.79 Å². The SMILES string of the molecule is CCn1c2ccccc2c2cc(NC(=O)CCn3c(-c4cccc(C)c4)n[nH]c3=S)ccc21. The Bertz CT molecular complexity index is 1540. The number of benzene rings is 3. The van der Waals surface area contributed by atoms with Crippen molar-refractivity contribution in [3.05, 3.63) is 77.1 Å². The van der Waals surface area contributed by atoms with E-state index in [4.69, 9.17) is 12.2 Å². The van der Waals surface area contributed by atoms with Crippen LogP contribution in [0.4, 0.5) is 5.69 Å². The third-order valence-corrected chi connectivity index (χ3v) is 6.28. The maximum Gasteiger partial charge on any atom is 0.226 e. The Kier molecular flexibility index (Phi) is 5.56. The second-order valence-electron chi connectivity index (χ2n) is 8.16. The molecule has 33 heavy (non-hydrogen) atoms. The van der Waals surface area contributed by atoms with Crippen molar-refractivity contribution in [2.24, 2.45) is 0 Å². The van der Waals surface area contributed by atoms with Crippen LogP contribution in [0.3, 0.4) is 0 Å². The molecule has 0 spiro atoms. The smallest absolute Gasteiger partial charge is 0.226 e.